The number of hydrogen-bond acceptors (Lipinski definition) is 2. The highest BCUT2D eigenvalue weighted by atomic mass is 16.2. The molecule has 2 aliphatic rings. The van der Waals surface area contributed by atoms with Crippen LogP contribution in [0.5, 0.6) is 0 Å². The van der Waals surface area contributed by atoms with Gasteiger partial charge in [0.2, 0.25) is 5.91 Å². The molecule has 1 aliphatic carbocycles. The van der Waals surface area contributed by atoms with E-state index in [4.69, 9.17) is 5.73 Å². The van der Waals surface area contributed by atoms with Crippen LogP contribution < -0.4 is 5.73 Å². The van der Waals surface area contributed by atoms with Crippen molar-refractivity contribution >= 4 is 5.91 Å². The summed E-state index contributed by atoms with van der Waals surface area (Å²) in [6.45, 7) is 5.91. The highest BCUT2D eigenvalue weighted by Gasteiger charge is 2.53. The van der Waals surface area contributed by atoms with Gasteiger partial charge in [-0.1, -0.05) is 24.3 Å². The Hall–Kier alpha value is -1.35. The molecule has 21 heavy (non-hydrogen) atoms. The average Bonchev–Trinajstić information content (AvgIpc) is 3.28. The van der Waals surface area contributed by atoms with Gasteiger partial charge in [-0.15, -0.1) is 0 Å². The van der Waals surface area contributed by atoms with Crippen LogP contribution in [0.15, 0.2) is 24.3 Å². The molecule has 3 nitrogen and oxygen atoms in total. The van der Waals surface area contributed by atoms with E-state index >= 15 is 0 Å². The average molecular weight is 286 g/mol. The van der Waals surface area contributed by atoms with Gasteiger partial charge in [-0.25, -0.2) is 0 Å². The van der Waals surface area contributed by atoms with E-state index in [0.29, 0.717) is 11.8 Å². The van der Waals surface area contributed by atoms with Crippen molar-refractivity contribution in [3.8, 4) is 0 Å². The number of amides is 1. The third-order valence-corrected chi connectivity index (χ3v) is 5.31. The van der Waals surface area contributed by atoms with Crippen LogP contribution in [0, 0.1) is 12.8 Å². The summed E-state index contributed by atoms with van der Waals surface area (Å²) in [6, 6.07) is 8.52. The molecule has 1 aromatic rings. The number of carbonyl (C=O) groups is 1. The van der Waals surface area contributed by atoms with Gasteiger partial charge in [0.15, 0.2) is 0 Å². The quantitative estimate of drug-likeness (QED) is 0.928. The Morgan fingerprint density at radius 3 is 2.71 bits per heavy atom. The zero-order valence-electron chi connectivity index (χ0n) is 13.1. The summed E-state index contributed by atoms with van der Waals surface area (Å²) in [5, 5.41) is 0. The predicted octanol–water partition coefficient (Wildman–Crippen LogP) is 2.61. The highest BCUT2D eigenvalue weighted by molar-refractivity contribution is 5.91. The maximum Gasteiger partial charge on any atom is 0.233 e. The van der Waals surface area contributed by atoms with Crippen molar-refractivity contribution < 1.29 is 4.79 Å². The number of aryl methyl sites for hydroxylation is 1. The summed E-state index contributed by atoms with van der Waals surface area (Å²) in [7, 11) is 0. The summed E-state index contributed by atoms with van der Waals surface area (Å²) in [5.74, 6) is 0.789. The lowest BCUT2D eigenvalue weighted by molar-refractivity contribution is -0.136. The summed E-state index contributed by atoms with van der Waals surface area (Å²) in [4.78, 5) is 15.2. The summed E-state index contributed by atoms with van der Waals surface area (Å²) < 4.78 is 0. The Morgan fingerprint density at radius 1 is 1.38 bits per heavy atom. The molecule has 2 N–H and O–H groups in total. The van der Waals surface area contributed by atoms with Gasteiger partial charge in [0, 0.05) is 19.1 Å². The maximum atomic E-state index is 13.1. The normalized spacial score (nSPS) is 25.5. The summed E-state index contributed by atoms with van der Waals surface area (Å²) >= 11 is 0. The number of nitrogens with two attached hydrogens (primary N) is 1. The Balaban J connectivity index is 1.80. The number of carbonyl (C=O) groups excluding carboxylic acids is 1. The Kier molecular flexibility index (Phi) is 3.78. The van der Waals surface area contributed by atoms with E-state index < -0.39 is 0 Å². The molecule has 1 saturated heterocycles. The molecule has 0 spiro atoms. The number of hydrogen-bond donors (Lipinski definition) is 1. The lowest BCUT2D eigenvalue weighted by atomic mass is 9.87. The van der Waals surface area contributed by atoms with E-state index in [-0.39, 0.29) is 11.5 Å². The molecule has 1 aliphatic heterocycles. The van der Waals surface area contributed by atoms with Gasteiger partial charge >= 0.3 is 0 Å². The van der Waals surface area contributed by atoms with Crippen LogP contribution >= 0.6 is 0 Å². The third-order valence-electron chi connectivity index (χ3n) is 5.31. The fourth-order valence-electron chi connectivity index (χ4n) is 3.76. The number of benzene rings is 1. The van der Waals surface area contributed by atoms with Crippen LogP contribution in [0.25, 0.3) is 0 Å². The molecule has 0 radical (unpaired) electrons. The predicted molar refractivity (Wildman–Crippen MR) is 85.0 cm³/mol. The van der Waals surface area contributed by atoms with Crippen molar-refractivity contribution in [1.29, 1.82) is 0 Å². The van der Waals surface area contributed by atoms with Crippen molar-refractivity contribution in [2.75, 3.05) is 13.1 Å². The molecule has 0 aromatic heterocycles. The lowest BCUT2D eigenvalue weighted by Crippen LogP contribution is -2.48. The van der Waals surface area contributed by atoms with Crippen molar-refractivity contribution in [3.05, 3.63) is 35.4 Å². The fraction of sp³-hybridized carbons (Fsp3) is 0.611. The van der Waals surface area contributed by atoms with Crippen molar-refractivity contribution in [3.63, 3.8) is 0 Å². The van der Waals surface area contributed by atoms with Crippen LogP contribution in [0.1, 0.15) is 43.7 Å². The van der Waals surface area contributed by atoms with Gasteiger partial charge in [0.25, 0.3) is 0 Å². The first kappa shape index (κ1) is 14.6. The molecule has 1 aromatic carbocycles. The summed E-state index contributed by atoms with van der Waals surface area (Å²) in [6.07, 6.45) is 4.23. The Labute approximate surface area is 127 Å². The van der Waals surface area contributed by atoms with Gasteiger partial charge in [0.1, 0.15) is 0 Å². The van der Waals surface area contributed by atoms with Crippen LogP contribution in [-0.2, 0) is 10.2 Å². The molecule has 0 bridgehead atoms. The lowest BCUT2D eigenvalue weighted by Gasteiger charge is -2.37. The van der Waals surface area contributed by atoms with Gasteiger partial charge in [0.05, 0.1) is 5.41 Å². The standard InChI is InChI=1S/C18H26N2O/c1-13-6-3-4-8-16(13)18(9-10-18)17(21)20-11-5-7-15(12-20)14(2)19/h3-4,6,8,14-15H,5,7,9-12,19H2,1-2H3/t14-,15+/m0/s1. The molecule has 0 unspecified atom stereocenters. The first-order valence-electron chi connectivity index (χ1n) is 8.16. The minimum Gasteiger partial charge on any atom is -0.342 e. The number of likely N-dealkylation sites (tertiary alicyclic amines) is 1. The number of rotatable bonds is 3. The molecule has 1 amide bonds. The zero-order valence-corrected chi connectivity index (χ0v) is 13.1. The smallest absolute Gasteiger partial charge is 0.233 e. The Morgan fingerprint density at radius 2 is 2.10 bits per heavy atom. The van der Waals surface area contributed by atoms with E-state index in [1.807, 2.05) is 6.07 Å². The first-order valence-corrected chi connectivity index (χ1v) is 8.16. The largest absolute Gasteiger partial charge is 0.342 e. The topological polar surface area (TPSA) is 46.3 Å². The van der Waals surface area contributed by atoms with E-state index in [9.17, 15) is 4.79 Å². The molecular weight excluding hydrogens is 260 g/mol. The van der Waals surface area contributed by atoms with Crippen LogP contribution in [-0.4, -0.2) is 29.9 Å². The number of piperidine rings is 1. The maximum absolute atomic E-state index is 13.1. The van der Waals surface area contributed by atoms with Crippen LogP contribution in [0.3, 0.4) is 0 Å². The van der Waals surface area contributed by atoms with Crippen molar-refractivity contribution in [2.24, 2.45) is 11.7 Å². The van der Waals surface area contributed by atoms with Gasteiger partial charge in [-0.05, 0) is 56.6 Å². The molecule has 1 saturated carbocycles. The number of nitrogens with zero attached hydrogens (tertiary/aromatic N) is 1. The minimum absolute atomic E-state index is 0.175. The molecule has 2 fully saturated rings. The van der Waals surface area contributed by atoms with Crippen LogP contribution in [0.2, 0.25) is 0 Å². The van der Waals surface area contributed by atoms with E-state index in [0.717, 1.165) is 38.8 Å². The zero-order chi connectivity index (χ0) is 15.0. The van der Waals surface area contributed by atoms with Gasteiger partial charge in [-0.3, -0.25) is 4.79 Å². The molecule has 114 valence electrons. The van der Waals surface area contributed by atoms with E-state index in [1.165, 1.54) is 11.1 Å². The van der Waals surface area contributed by atoms with Crippen molar-refractivity contribution in [2.45, 2.75) is 51.0 Å². The SMILES string of the molecule is Cc1ccccc1C1(C(=O)N2CCC[C@@H]([C@H](C)N)C2)CC1. The fourth-order valence-corrected chi connectivity index (χ4v) is 3.76. The van der Waals surface area contributed by atoms with Crippen LogP contribution in [0.4, 0.5) is 0 Å². The monoisotopic (exact) mass is 286 g/mol. The first-order chi connectivity index (χ1) is 10.0. The highest BCUT2D eigenvalue weighted by Crippen LogP contribution is 2.51. The third kappa shape index (κ3) is 2.59. The van der Waals surface area contributed by atoms with Gasteiger partial charge < -0.3 is 10.6 Å². The molecule has 3 rings (SSSR count). The molecule has 2 atom stereocenters. The van der Waals surface area contributed by atoms with E-state index in [1.54, 1.807) is 0 Å². The van der Waals surface area contributed by atoms with Crippen molar-refractivity contribution in [1.82, 2.24) is 4.90 Å². The summed E-state index contributed by atoms with van der Waals surface area (Å²) in [5.41, 5.74) is 8.29. The second-order valence-electron chi connectivity index (χ2n) is 6.91. The molecule has 1 heterocycles. The minimum atomic E-state index is -0.231. The van der Waals surface area contributed by atoms with E-state index in [2.05, 4.69) is 36.9 Å². The van der Waals surface area contributed by atoms with Gasteiger partial charge in [-0.2, -0.15) is 0 Å². The Bertz CT molecular complexity index is 534. The molecular formula is C18H26N2O. The second-order valence-corrected chi connectivity index (χ2v) is 6.91. The molecule has 3 heteroatoms. The second kappa shape index (κ2) is 5.45.